The smallest absolute Gasteiger partial charge is 0.242 e. The van der Waals surface area contributed by atoms with E-state index in [2.05, 4.69) is 5.32 Å². The molecule has 1 heterocycles. The van der Waals surface area contributed by atoms with Crippen LogP contribution in [0.4, 0.5) is 8.78 Å². The summed E-state index contributed by atoms with van der Waals surface area (Å²) in [4.78, 5) is 12.7. The molecule has 0 aliphatic carbocycles. The Morgan fingerprint density at radius 1 is 1.35 bits per heavy atom. The molecule has 0 saturated heterocycles. The van der Waals surface area contributed by atoms with Crippen LogP contribution in [0.2, 0.25) is 0 Å². The normalized spacial score (nSPS) is 13.9. The molecule has 0 radical (unpaired) electrons. The Bertz CT molecular complexity index is 616. The zero-order chi connectivity index (χ0) is 14.8. The van der Waals surface area contributed by atoms with Crippen LogP contribution in [-0.4, -0.2) is 5.91 Å². The highest BCUT2D eigenvalue weighted by Crippen LogP contribution is 2.23. The maximum atomic E-state index is 13.3. The van der Waals surface area contributed by atoms with Crippen molar-refractivity contribution in [1.82, 2.24) is 5.32 Å². The minimum Gasteiger partial charge on any atom is -0.368 e. The van der Waals surface area contributed by atoms with Crippen molar-refractivity contribution in [2.24, 2.45) is 5.73 Å². The van der Waals surface area contributed by atoms with Gasteiger partial charge in [-0.25, -0.2) is 8.78 Å². The van der Waals surface area contributed by atoms with Crippen LogP contribution in [0.1, 0.15) is 17.4 Å². The number of rotatable bonds is 5. The summed E-state index contributed by atoms with van der Waals surface area (Å²) in [7, 11) is 0. The molecule has 106 valence electrons. The lowest BCUT2D eigenvalue weighted by molar-refractivity contribution is -0.124. The molecule has 1 aromatic carbocycles. The van der Waals surface area contributed by atoms with E-state index in [1.807, 2.05) is 17.5 Å². The number of benzene rings is 1. The van der Waals surface area contributed by atoms with E-state index in [9.17, 15) is 13.6 Å². The summed E-state index contributed by atoms with van der Waals surface area (Å²) in [5.74, 6) is -2.62. The second kappa shape index (κ2) is 5.68. The number of amides is 1. The molecule has 1 atom stereocenters. The largest absolute Gasteiger partial charge is 0.368 e. The summed E-state index contributed by atoms with van der Waals surface area (Å²) in [6.07, 6.45) is 0. The number of nitrogens with one attached hydrogen (secondary N) is 1. The van der Waals surface area contributed by atoms with Gasteiger partial charge in [0, 0.05) is 11.4 Å². The van der Waals surface area contributed by atoms with Gasteiger partial charge in [-0.3, -0.25) is 10.1 Å². The van der Waals surface area contributed by atoms with Gasteiger partial charge in [0.1, 0.15) is 5.54 Å². The fourth-order valence-electron chi connectivity index (χ4n) is 1.82. The first kappa shape index (κ1) is 14.6. The zero-order valence-corrected chi connectivity index (χ0v) is 11.6. The lowest BCUT2D eigenvalue weighted by atomic mass is 9.91. The van der Waals surface area contributed by atoms with Gasteiger partial charge in [-0.05, 0) is 36.1 Å². The highest BCUT2D eigenvalue weighted by atomic mass is 32.1. The number of halogens is 2. The molecule has 0 saturated carbocycles. The number of thiophene rings is 1. The Labute approximate surface area is 119 Å². The quantitative estimate of drug-likeness (QED) is 0.891. The van der Waals surface area contributed by atoms with Crippen LogP contribution in [0.25, 0.3) is 0 Å². The van der Waals surface area contributed by atoms with Gasteiger partial charge in [0.2, 0.25) is 5.91 Å². The number of hydrogen-bond donors (Lipinski definition) is 2. The first-order chi connectivity index (χ1) is 9.43. The third-order valence-corrected chi connectivity index (χ3v) is 4.06. The Morgan fingerprint density at radius 2 is 2.10 bits per heavy atom. The third-order valence-electron chi connectivity index (χ3n) is 3.19. The second-order valence-corrected chi connectivity index (χ2v) is 5.58. The average molecular weight is 296 g/mol. The standard InChI is InChI=1S/C14H14F2N2OS/c1-14(13(17)19,18-8-10-3-2-6-20-10)9-4-5-11(15)12(16)7-9/h2-7,18H,8H2,1H3,(H2,17,19). The summed E-state index contributed by atoms with van der Waals surface area (Å²) < 4.78 is 26.3. The number of carbonyl (C=O) groups is 1. The maximum absolute atomic E-state index is 13.3. The van der Waals surface area contributed by atoms with Gasteiger partial charge in [0.05, 0.1) is 0 Å². The van der Waals surface area contributed by atoms with Crippen molar-refractivity contribution in [3.05, 3.63) is 57.8 Å². The van der Waals surface area contributed by atoms with Crippen LogP contribution < -0.4 is 11.1 Å². The molecule has 6 heteroatoms. The molecule has 1 unspecified atom stereocenters. The second-order valence-electron chi connectivity index (χ2n) is 4.55. The van der Waals surface area contributed by atoms with Crippen molar-refractivity contribution >= 4 is 17.2 Å². The molecule has 0 fully saturated rings. The summed E-state index contributed by atoms with van der Waals surface area (Å²) in [5.41, 5.74) is 4.44. The zero-order valence-electron chi connectivity index (χ0n) is 10.8. The van der Waals surface area contributed by atoms with Crippen LogP contribution >= 0.6 is 11.3 Å². The van der Waals surface area contributed by atoms with E-state index in [1.165, 1.54) is 17.4 Å². The van der Waals surface area contributed by atoms with Gasteiger partial charge in [-0.15, -0.1) is 11.3 Å². The first-order valence-corrected chi connectivity index (χ1v) is 6.84. The third kappa shape index (κ3) is 2.86. The minimum absolute atomic E-state index is 0.292. The van der Waals surface area contributed by atoms with Crippen LogP contribution in [-0.2, 0) is 16.9 Å². The van der Waals surface area contributed by atoms with E-state index < -0.39 is 23.1 Å². The molecule has 1 amide bonds. The molecule has 2 rings (SSSR count). The molecule has 0 spiro atoms. The fraction of sp³-hybridized carbons (Fsp3) is 0.214. The van der Waals surface area contributed by atoms with Gasteiger partial charge < -0.3 is 5.73 Å². The van der Waals surface area contributed by atoms with E-state index in [0.29, 0.717) is 12.1 Å². The Hall–Kier alpha value is -1.79. The predicted octanol–water partition coefficient (Wildman–Crippen LogP) is 2.52. The number of nitrogens with two attached hydrogens (primary N) is 1. The lowest BCUT2D eigenvalue weighted by Gasteiger charge is -2.28. The highest BCUT2D eigenvalue weighted by molar-refractivity contribution is 7.09. The molecule has 3 nitrogen and oxygen atoms in total. The minimum atomic E-state index is -1.27. The Kier molecular flexibility index (Phi) is 4.15. The molecule has 0 bridgehead atoms. The number of hydrogen-bond acceptors (Lipinski definition) is 3. The molecular formula is C14H14F2N2OS. The molecule has 3 N–H and O–H groups in total. The van der Waals surface area contributed by atoms with Gasteiger partial charge in [-0.2, -0.15) is 0 Å². The molecule has 2 aromatic rings. The topological polar surface area (TPSA) is 55.1 Å². The fourth-order valence-corrected chi connectivity index (χ4v) is 2.46. The lowest BCUT2D eigenvalue weighted by Crippen LogP contribution is -2.50. The van der Waals surface area contributed by atoms with Gasteiger partial charge in [0.25, 0.3) is 0 Å². The van der Waals surface area contributed by atoms with Crippen molar-refractivity contribution in [3.63, 3.8) is 0 Å². The van der Waals surface area contributed by atoms with Crippen LogP contribution in [0.3, 0.4) is 0 Å². The van der Waals surface area contributed by atoms with Crippen molar-refractivity contribution in [2.75, 3.05) is 0 Å². The van der Waals surface area contributed by atoms with Crippen molar-refractivity contribution in [3.8, 4) is 0 Å². The predicted molar refractivity (Wildman–Crippen MR) is 74.1 cm³/mol. The number of carbonyl (C=O) groups excluding carboxylic acids is 1. The first-order valence-electron chi connectivity index (χ1n) is 5.96. The monoisotopic (exact) mass is 296 g/mol. The van der Waals surface area contributed by atoms with E-state index >= 15 is 0 Å². The van der Waals surface area contributed by atoms with Gasteiger partial charge in [0.15, 0.2) is 11.6 Å². The molecule has 1 aromatic heterocycles. The summed E-state index contributed by atoms with van der Waals surface area (Å²) in [6, 6.07) is 7.12. The van der Waals surface area contributed by atoms with Crippen LogP contribution in [0.15, 0.2) is 35.7 Å². The summed E-state index contributed by atoms with van der Waals surface area (Å²) in [6.45, 7) is 1.96. The van der Waals surface area contributed by atoms with E-state index in [0.717, 1.165) is 17.0 Å². The molecular weight excluding hydrogens is 282 g/mol. The van der Waals surface area contributed by atoms with E-state index in [1.54, 1.807) is 6.92 Å². The van der Waals surface area contributed by atoms with Gasteiger partial charge >= 0.3 is 0 Å². The highest BCUT2D eigenvalue weighted by Gasteiger charge is 2.33. The summed E-state index contributed by atoms with van der Waals surface area (Å²) in [5, 5.41) is 4.92. The molecule has 20 heavy (non-hydrogen) atoms. The van der Waals surface area contributed by atoms with Crippen molar-refractivity contribution in [2.45, 2.75) is 19.0 Å². The average Bonchev–Trinajstić information content (AvgIpc) is 2.92. The summed E-state index contributed by atoms with van der Waals surface area (Å²) >= 11 is 1.53. The molecule has 0 aliphatic rings. The molecule has 0 aliphatic heterocycles. The maximum Gasteiger partial charge on any atom is 0.242 e. The Balaban J connectivity index is 2.28. The van der Waals surface area contributed by atoms with Crippen LogP contribution in [0, 0.1) is 11.6 Å². The Morgan fingerprint density at radius 3 is 2.65 bits per heavy atom. The van der Waals surface area contributed by atoms with Crippen molar-refractivity contribution < 1.29 is 13.6 Å². The van der Waals surface area contributed by atoms with E-state index in [-0.39, 0.29) is 0 Å². The SMILES string of the molecule is CC(NCc1cccs1)(C(N)=O)c1ccc(F)c(F)c1. The van der Waals surface area contributed by atoms with E-state index in [4.69, 9.17) is 5.73 Å². The van der Waals surface area contributed by atoms with Crippen molar-refractivity contribution in [1.29, 1.82) is 0 Å². The van der Waals surface area contributed by atoms with Crippen LogP contribution in [0.5, 0.6) is 0 Å². The number of primary amides is 1. The van der Waals surface area contributed by atoms with Gasteiger partial charge in [-0.1, -0.05) is 12.1 Å².